The summed E-state index contributed by atoms with van der Waals surface area (Å²) in [6.45, 7) is 2.75. The van der Waals surface area contributed by atoms with Gasteiger partial charge in [0.2, 0.25) is 0 Å². The summed E-state index contributed by atoms with van der Waals surface area (Å²) in [7, 11) is 0. The Labute approximate surface area is 181 Å². The zero-order chi connectivity index (χ0) is 22.9. The van der Waals surface area contributed by atoms with Gasteiger partial charge in [-0.15, -0.1) is 0 Å². The number of hydrogen-bond acceptors (Lipinski definition) is 4. The van der Waals surface area contributed by atoms with Crippen LogP contribution in [0.1, 0.15) is 28.5 Å². The van der Waals surface area contributed by atoms with Crippen molar-refractivity contribution in [3.05, 3.63) is 71.3 Å². The fourth-order valence-corrected chi connectivity index (χ4v) is 3.46. The Bertz CT molecular complexity index is 1130. The van der Waals surface area contributed by atoms with Crippen LogP contribution in [0.3, 0.4) is 0 Å². The molecule has 1 aromatic heterocycles. The van der Waals surface area contributed by atoms with Crippen molar-refractivity contribution in [1.29, 1.82) is 0 Å². The molecule has 0 N–H and O–H groups in total. The molecule has 4 rings (SSSR count). The molecule has 2 aromatic carbocycles. The van der Waals surface area contributed by atoms with Crippen LogP contribution >= 0.6 is 0 Å². The van der Waals surface area contributed by atoms with E-state index in [-0.39, 0.29) is 18.8 Å². The van der Waals surface area contributed by atoms with Crippen LogP contribution in [0.5, 0.6) is 11.5 Å². The van der Waals surface area contributed by atoms with Gasteiger partial charge in [0.25, 0.3) is 5.91 Å². The fraction of sp³-hybridized carbons (Fsp3) is 0.273. The topological polar surface area (TPSA) is 56.6 Å². The quantitative estimate of drug-likeness (QED) is 0.540. The van der Waals surface area contributed by atoms with Crippen LogP contribution in [0, 0.1) is 5.82 Å². The average Bonchev–Trinajstić information content (AvgIpc) is 3.23. The predicted molar refractivity (Wildman–Crippen MR) is 106 cm³/mol. The molecule has 168 valence electrons. The van der Waals surface area contributed by atoms with E-state index in [2.05, 4.69) is 5.10 Å². The van der Waals surface area contributed by atoms with Crippen molar-refractivity contribution in [3.63, 3.8) is 0 Å². The maximum Gasteiger partial charge on any atom is 0.434 e. The number of benzene rings is 2. The number of amides is 1. The van der Waals surface area contributed by atoms with E-state index in [9.17, 15) is 22.4 Å². The lowest BCUT2D eigenvalue weighted by atomic mass is 10.1. The van der Waals surface area contributed by atoms with E-state index in [1.165, 1.54) is 17.0 Å². The van der Waals surface area contributed by atoms with Gasteiger partial charge in [-0.25, -0.2) is 9.07 Å². The minimum Gasteiger partial charge on any atom is -0.486 e. The van der Waals surface area contributed by atoms with E-state index in [0.29, 0.717) is 35.0 Å². The Morgan fingerprint density at radius 1 is 1.09 bits per heavy atom. The lowest BCUT2D eigenvalue weighted by Gasteiger charge is -2.23. The SMILES string of the molecule is CCN(Cc1ccc2c(c1)OCCO2)C(=O)c1cnn(-c2ccc(F)cc2)c1C(F)(F)F. The molecule has 10 heteroatoms. The molecule has 0 aliphatic carbocycles. The molecule has 3 aromatic rings. The van der Waals surface area contributed by atoms with E-state index in [0.717, 1.165) is 18.3 Å². The maximum atomic E-state index is 13.9. The van der Waals surface area contributed by atoms with Gasteiger partial charge in [-0.1, -0.05) is 6.07 Å². The van der Waals surface area contributed by atoms with Crippen LogP contribution in [-0.2, 0) is 12.7 Å². The first kappa shape index (κ1) is 21.7. The summed E-state index contributed by atoms with van der Waals surface area (Å²) in [5.74, 6) is -0.308. The normalized spacial score (nSPS) is 13.2. The Balaban J connectivity index is 1.66. The third kappa shape index (κ3) is 4.25. The van der Waals surface area contributed by atoms with Gasteiger partial charge in [0.1, 0.15) is 19.0 Å². The van der Waals surface area contributed by atoms with E-state index in [1.807, 2.05) is 0 Å². The molecule has 0 atom stereocenters. The summed E-state index contributed by atoms with van der Waals surface area (Å²) in [5, 5.41) is 3.78. The molecule has 0 radical (unpaired) electrons. The van der Waals surface area contributed by atoms with Crippen LogP contribution < -0.4 is 9.47 Å². The van der Waals surface area contributed by atoms with Crippen LogP contribution in [0.25, 0.3) is 5.69 Å². The molecule has 0 bridgehead atoms. The van der Waals surface area contributed by atoms with Gasteiger partial charge in [0.15, 0.2) is 17.2 Å². The first-order chi connectivity index (χ1) is 15.3. The number of rotatable bonds is 5. The number of carbonyl (C=O) groups excluding carboxylic acids is 1. The van der Waals surface area contributed by atoms with Gasteiger partial charge < -0.3 is 14.4 Å². The summed E-state index contributed by atoms with van der Waals surface area (Å²) < 4.78 is 66.5. The number of nitrogens with zero attached hydrogens (tertiary/aromatic N) is 3. The van der Waals surface area contributed by atoms with E-state index >= 15 is 0 Å². The van der Waals surface area contributed by atoms with E-state index < -0.39 is 29.2 Å². The highest BCUT2D eigenvalue weighted by molar-refractivity contribution is 5.95. The molecule has 1 aliphatic rings. The van der Waals surface area contributed by atoms with Crippen molar-refractivity contribution in [1.82, 2.24) is 14.7 Å². The minimum atomic E-state index is -4.85. The first-order valence-corrected chi connectivity index (χ1v) is 9.87. The molecule has 6 nitrogen and oxygen atoms in total. The predicted octanol–water partition coefficient (Wildman–Crippen LogP) is 4.46. The number of fused-ring (bicyclic) bond motifs is 1. The highest BCUT2D eigenvalue weighted by Crippen LogP contribution is 2.35. The Morgan fingerprint density at radius 2 is 1.78 bits per heavy atom. The molecule has 2 heterocycles. The van der Waals surface area contributed by atoms with Crippen molar-refractivity contribution in [2.75, 3.05) is 19.8 Å². The first-order valence-electron chi connectivity index (χ1n) is 9.87. The smallest absolute Gasteiger partial charge is 0.434 e. The molecule has 0 saturated heterocycles. The summed E-state index contributed by atoms with van der Waals surface area (Å²) in [4.78, 5) is 14.4. The summed E-state index contributed by atoms with van der Waals surface area (Å²) in [6, 6.07) is 9.53. The summed E-state index contributed by atoms with van der Waals surface area (Å²) in [5.41, 5.74) is -1.12. The van der Waals surface area contributed by atoms with Gasteiger partial charge in [-0.05, 0) is 48.9 Å². The zero-order valence-corrected chi connectivity index (χ0v) is 17.0. The highest BCUT2D eigenvalue weighted by Gasteiger charge is 2.41. The van der Waals surface area contributed by atoms with Gasteiger partial charge in [0.05, 0.1) is 17.4 Å². The highest BCUT2D eigenvalue weighted by atomic mass is 19.4. The van der Waals surface area contributed by atoms with Gasteiger partial charge in [0, 0.05) is 13.1 Å². The van der Waals surface area contributed by atoms with E-state index in [4.69, 9.17) is 9.47 Å². The Kier molecular flexibility index (Phi) is 5.77. The molecule has 1 aliphatic heterocycles. The molecule has 0 unspecified atom stereocenters. The van der Waals surface area contributed by atoms with Crippen molar-refractivity contribution in [2.24, 2.45) is 0 Å². The van der Waals surface area contributed by atoms with Crippen LogP contribution in [0.4, 0.5) is 17.6 Å². The second-order valence-electron chi connectivity index (χ2n) is 7.09. The largest absolute Gasteiger partial charge is 0.486 e. The van der Waals surface area contributed by atoms with Crippen LogP contribution in [-0.4, -0.2) is 40.3 Å². The number of aromatic nitrogens is 2. The van der Waals surface area contributed by atoms with Crippen molar-refractivity contribution in [2.45, 2.75) is 19.6 Å². The average molecular weight is 449 g/mol. The van der Waals surface area contributed by atoms with Crippen molar-refractivity contribution >= 4 is 5.91 Å². The second kappa shape index (κ2) is 8.52. The fourth-order valence-electron chi connectivity index (χ4n) is 3.46. The van der Waals surface area contributed by atoms with Crippen molar-refractivity contribution in [3.8, 4) is 17.2 Å². The zero-order valence-electron chi connectivity index (χ0n) is 17.0. The Morgan fingerprint density at radius 3 is 2.44 bits per heavy atom. The number of ether oxygens (including phenoxy) is 2. The molecular formula is C22H19F4N3O3. The van der Waals surface area contributed by atoms with Gasteiger partial charge in [-0.2, -0.15) is 18.3 Å². The van der Waals surface area contributed by atoms with Gasteiger partial charge in [-0.3, -0.25) is 4.79 Å². The third-order valence-electron chi connectivity index (χ3n) is 4.99. The number of alkyl halides is 3. The maximum absolute atomic E-state index is 13.9. The summed E-state index contributed by atoms with van der Waals surface area (Å²) in [6.07, 6.45) is -3.97. The number of halogens is 4. The summed E-state index contributed by atoms with van der Waals surface area (Å²) >= 11 is 0. The lowest BCUT2D eigenvalue weighted by molar-refractivity contribution is -0.143. The van der Waals surface area contributed by atoms with E-state index in [1.54, 1.807) is 25.1 Å². The molecule has 0 fully saturated rings. The molecule has 0 saturated carbocycles. The standard InChI is InChI=1S/C22H19F4N3O3/c1-2-28(13-14-3-8-18-19(11-14)32-10-9-31-18)21(30)17-12-27-29(20(17)22(24,25)26)16-6-4-15(23)5-7-16/h3-8,11-12H,2,9-10,13H2,1H3. The number of hydrogen-bond donors (Lipinski definition) is 0. The lowest BCUT2D eigenvalue weighted by Crippen LogP contribution is -2.32. The monoisotopic (exact) mass is 449 g/mol. The van der Waals surface area contributed by atoms with Crippen LogP contribution in [0.15, 0.2) is 48.7 Å². The molecule has 32 heavy (non-hydrogen) atoms. The third-order valence-corrected chi connectivity index (χ3v) is 4.99. The molecule has 0 spiro atoms. The molecular weight excluding hydrogens is 430 g/mol. The second-order valence-corrected chi connectivity index (χ2v) is 7.09. The van der Waals surface area contributed by atoms with Gasteiger partial charge >= 0.3 is 6.18 Å². The van der Waals surface area contributed by atoms with Crippen LogP contribution in [0.2, 0.25) is 0 Å². The Hall–Kier alpha value is -3.56. The molecule has 1 amide bonds. The van der Waals surface area contributed by atoms with Crippen molar-refractivity contribution < 1.29 is 31.8 Å². The number of carbonyl (C=O) groups is 1. The minimum absolute atomic E-state index is 0.00680.